The molecule has 1 heterocycles. The van der Waals surface area contributed by atoms with Crippen LogP contribution >= 0.6 is 11.6 Å². The van der Waals surface area contributed by atoms with Gasteiger partial charge in [-0.3, -0.25) is 0 Å². The maximum atomic E-state index is 12.5. The number of amides is 2. The smallest absolute Gasteiger partial charge is 0.338 e. The topological polar surface area (TPSA) is 112 Å². The minimum atomic E-state index is -0.714. The van der Waals surface area contributed by atoms with Crippen molar-refractivity contribution >= 4 is 29.6 Å². The third kappa shape index (κ3) is 6.03. The van der Waals surface area contributed by atoms with Crippen LogP contribution in [0.1, 0.15) is 31.1 Å². The summed E-state index contributed by atoms with van der Waals surface area (Å²) in [6.07, 6.45) is 0. The van der Waals surface area contributed by atoms with E-state index in [1.54, 1.807) is 6.92 Å². The van der Waals surface area contributed by atoms with Gasteiger partial charge in [-0.2, -0.15) is 0 Å². The van der Waals surface area contributed by atoms with Crippen molar-refractivity contribution < 1.29 is 33.3 Å². The lowest BCUT2D eigenvalue weighted by Gasteiger charge is -2.21. The van der Waals surface area contributed by atoms with Crippen LogP contribution in [0.5, 0.6) is 11.5 Å². The number of methoxy groups -OCH3 is 1. The normalized spacial score (nSPS) is 13.5. The van der Waals surface area contributed by atoms with Crippen molar-refractivity contribution in [1.82, 2.24) is 10.6 Å². The van der Waals surface area contributed by atoms with E-state index in [-0.39, 0.29) is 53.3 Å². The van der Waals surface area contributed by atoms with E-state index in [4.69, 9.17) is 30.5 Å². The van der Waals surface area contributed by atoms with Gasteiger partial charge < -0.3 is 29.6 Å². The molecular formula is C20H25ClN2O7. The molecule has 2 amide bonds. The third-order valence-corrected chi connectivity index (χ3v) is 4.23. The zero-order valence-electron chi connectivity index (χ0n) is 17.3. The van der Waals surface area contributed by atoms with Gasteiger partial charge in [0.25, 0.3) is 0 Å². The van der Waals surface area contributed by atoms with Gasteiger partial charge in [-0.1, -0.05) is 25.4 Å². The lowest BCUT2D eigenvalue weighted by atomic mass is 10.1. The molecule has 0 bridgehead atoms. The SMILES string of the molecule is CCOC(=O)C1=C(COC(=O)c2cc(Cl)c(OCC(C)C)c(OC)c2)NC(=O)NC1. The van der Waals surface area contributed by atoms with Gasteiger partial charge in [-0.15, -0.1) is 0 Å². The molecule has 1 aliphatic rings. The number of hydrogen-bond acceptors (Lipinski definition) is 7. The van der Waals surface area contributed by atoms with Crippen LogP contribution in [-0.2, 0) is 14.3 Å². The Morgan fingerprint density at radius 1 is 1.20 bits per heavy atom. The number of ether oxygens (including phenoxy) is 4. The summed E-state index contributed by atoms with van der Waals surface area (Å²) in [6.45, 7) is 5.89. The molecule has 1 aliphatic heterocycles. The van der Waals surface area contributed by atoms with E-state index >= 15 is 0 Å². The van der Waals surface area contributed by atoms with Gasteiger partial charge in [0.15, 0.2) is 11.5 Å². The first-order chi connectivity index (χ1) is 14.3. The van der Waals surface area contributed by atoms with Crippen molar-refractivity contribution in [2.24, 2.45) is 5.92 Å². The van der Waals surface area contributed by atoms with Crippen molar-refractivity contribution in [3.05, 3.63) is 34.0 Å². The molecule has 0 saturated carbocycles. The Kier molecular flexibility index (Phi) is 8.35. The highest BCUT2D eigenvalue weighted by Crippen LogP contribution is 2.37. The monoisotopic (exact) mass is 440 g/mol. The van der Waals surface area contributed by atoms with Crippen molar-refractivity contribution in [3.63, 3.8) is 0 Å². The van der Waals surface area contributed by atoms with Crippen LogP contribution in [0, 0.1) is 5.92 Å². The molecule has 0 aromatic heterocycles. The van der Waals surface area contributed by atoms with Gasteiger partial charge in [-0.05, 0) is 25.0 Å². The Bertz CT molecular complexity index is 852. The number of carbonyl (C=O) groups excluding carboxylic acids is 3. The van der Waals surface area contributed by atoms with Gasteiger partial charge in [0.1, 0.15) is 6.61 Å². The molecule has 10 heteroatoms. The summed E-state index contributed by atoms with van der Waals surface area (Å²) in [5.74, 6) is -0.418. The number of hydrogen-bond donors (Lipinski definition) is 2. The highest BCUT2D eigenvalue weighted by atomic mass is 35.5. The zero-order chi connectivity index (χ0) is 22.3. The summed E-state index contributed by atoms with van der Waals surface area (Å²) >= 11 is 6.26. The van der Waals surface area contributed by atoms with E-state index < -0.39 is 18.0 Å². The van der Waals surface area contributed by atoms with Gasteiger partial charge in [0.05, 0.1) is 48.7 Å². The van der Waals surface area contributed by atoms with Gasteiger partial charge in [-0.25, -0.2) is 14.4 Å². The number of nitrogens with one attached hydrogen (secondary N) is 2. The predicted molar refractivity (Wildman–Crippen MR) is 109 cm³/mol. The molecule has 0 unspecified atom stereocenters. The van der Waals surface area contributed by atoms with Crippen LogP contribution in [0.3, 0.4) is 0 Å². The van der Waals surface area contributed by atoms with E-state index in [1.807, 2.05) is 13.8 Å². The molecule has 0 radical (unpaired) electrons. The summed E-state index contributed by atoms with van der Waals surface area (Å²) in [4.78, 5) is 36.2. The van der Waals surface area contributed by atoms with Crippen LogP contribution < -0.4 is 20.1 Å². The fraction of sp³-hybridized carbons (Fsp3) is 0.450. The maximum Gasteiger partial charge on any atom is 0.338 e. The van der Waals surface area contributed by atoms with Crippen LogP contribution in [0.25, 0.3) is 0 Å². The Hall–Kier alpha value is -2.94. The van der Waals surface area contributed by atoms with Gasteiger partial charge in [0.2, 0.25) is 0 Å². The van der Waals surface area contributed by atoms with E-state index in [1.165, 1.54) is 19.2 Å². The fourth-order valence-corrected chi connectivity index (χ4v) is 2.78. The van der Waals surface area contributed by atoms with Crippen LogP contribution in [0.2, 0.25) is 5.02 Å². The van der Waals surface area contributed by atoms with E-state index in [2.05, 4.69) is 10.6 Å². The molecule has 2 rings (SSSR count). The number of esters is 2. The maximum absolute atomic E-state index is 12.5. The molecule has 0 aliphatic carbocycles. The average molecular weight is 441 g/mol. The highest BCUT2D eigenvalue weighted by Gasteiger charge is 2.25. The summed E-state index contributed by atoms with van der Waals surface area (Å²) in [7, 11) is 1.43. The molecule has 0 atom stereocenters. The Labute approximate surface area is 179 Å². The molecule has 0 spiro atoms. The lowest BCUT2D eigenvalue weighted by Crippen LogP contribution is -2.45. The second-order valence-corrected chi connectivity index (χ2v) is 7.16. The first-order valence-corrected chi connectivity index (χ1v) is 9.76. The van der Waals surface area contributed by atoms with Crippen LogP contribution in [-0.4, -0.2) is 51.4 Å². The minimum absolute atomic E-state index is 0.0287. The van der Waals surface area contributed by atoms with E-state index in [9.17, 15) is 14.4 Å². The molecule has 1 aromatic rings. The largest absolute Gasteiger partial charge is 0.493 e. The van der Waals surface area contributed by atoms with Crippen molar-refractivity contribution in [2.45, 2.75) is 20.8 Å². The highest BCUT2D eigenvalue weighted by molar-refractivity contribution is 6.32. The molecule has 164 valence electrons. The van der Waals surface area contributed by atoms with Crippen molar-refractivity contribution in [1.29, 1.82) is 0 Å². The third-order valence-electron chi connectivity index (χ3n) is 3.95. The zero-order valence-corrected chi connectivity index (χ0v) is 18.1. The molecule has 2 N–H and O–H groups in total. The molecule has 30 heavy (non-hydrogen) atoms. The molecule has 9 nitrogen and oxygen atoms in total. The molecule has 1 aromatic carbocycles. The quantitative estimate of drug-likeness (QED) is 0.567. The predicted octanol–water partition coefficient (Wildman–Crippen LogP) is 2.67. The second kappa shape index (κ2) is 10.7. The van der Waals surface area contributed by atoms with Gasteiger partial charge >= 0.3 is 18.0 Å². The van der Waals surface area contributed by atoms with Gasteiger partial charge in [0, 0.05) is 0 Å². The molecule has 0 fully saturated rings. The number of benzene rings is 1. The fourth-order valence-electron chi connectivity index (χ4n) is 2.52. The Morgan fingerprint density at radius 3 is 2.57 bits per heavy atom. The van der Waals surface area contributed by atoms with Crippen molar-refractivity contribution in [2.75, 3.05) is 33.5 Å². The van der Waals surface area contributed by atoms with Crippen LogP contribution in [0.15, 0.2) is 23.4 Å². The Morgan fingerprint density at radius 2 is 1.93 bits per heavy atom. The second-order valence-electron chi connectivity index (χ2n) is 6.76. The summed E-state index contributed by atoms with van der Waals surface area (Å²) in [5.41, 5.74) is 0.463. The number of carbonyl (C=O) groups is 3. The average Bonchev–Trinajstić information content (AvgIpc) is 2.70. The van der Waals surface area contributed by atoms with Crippen molar-refractivity contribution in [3.8, 4) is 11.5 Å². The lowest BCUT2D eigenvalue weighted by molar-refractivity contribution is -0.138. The molecular weight excluding hydrogens is 416 g/mol. The first kappa shape index (κ1) is 23.3. The summed E-state index contributed by atoms with van der Waals surface area (Å²) in [6, 6.07) is 2.35. The van der Waals surface area contributed by atoms with E-state index in [0.717, 1.165) is 0 Å². The Balaban J connectivity index is 2.17. The number of rotatable bonds is 9. The first-order valence-electron chi connectivity index (χ1n) is 9.38. The minimum Gasteiger partial charge on any atom is -0.493 e. The summed E-state index contributed by atoms with van der Waals surface area (Å²) in [5, 5.41) is 5.13. The number of urea groups is 1. The number of halogens is 1. The standard InChI is InChI=1S/C20H25ClN2O7/c1-5-28-19(25)13-8-22-20(26)23-15(13)10-30-18(24)12-6-14(21)17(16(7-12)27-4)29-9-11(2)3/h6-7,11H,5,8-10H2,1-4H3,(H2,22,23,26). The van der Waals surface area contributed by atoms with E-state index in [0.29, 0.717) is 12.4 Å². The summed E-state index contributed by atoms with van der Waals surface area (Å²) < 4.78 is 21.2. The molecule has 0 saturated heterocycles. The van der Waals surface area contributed by atoms with Crippen LogP contribution in [0.4, 0.5) is 4.79 Å².